The van der Waals surface area contributed by atoms with Gasteiger partial charge in [-0.2, -0.15) is 0 Å². The van der Waals surface area contributed by atoms with Crippen molar-refractivity contribution in [1.29, 1.82) is 0 Å². The monoisotopic (exact) mass is 280 g/mol. The number of amides is 1. The number of nitrogens with zero attached hydrogens (tertiary/aromatic N) is 1. The van der Waals surface area contributed by atoms with Crippen LogP contribution in [0.1, 0.15) is 54.7 Å². The van der Waals surface area contributed by atoms with Crippen molar-refractivity contribution >= 4 is 5.91 Å². The smallest absolute Gasteiger partial charge is 0.273 e. The fourth-order valence-corrected chi connectivity index (χ4v) is 2.97. The van der Waals surface area contributed by atoms with E-state index in [0.717, 1.165) is 12.8 Å². The summed E-state index contributed by atoms with van der Waals surface area (Å²) in [6, 6.07) is 0. The highest BCUT2D eigenvalue weighted by atomic mass is 16.5. The van der Waals surface area contributed by atoms with E-state index in [1.165, 1.54) is 12.8 Å². The van der Waals surface area contributed by atoms with Crippen molar-refractivity contribution in [3.63, 3.8) is 0 Å². The molecular weight excluding hydrogens is 256 g/mol. The summed E-state index contributed by atoms with van der Waals surface area (Å²) in [5, 5.41) is 3.00. The van der Waals surface area contributed by atoms with Gasteiger partial charge in [-0.15, -0.1) is 0 Å². The number of hydrogen-bond acceptors (Lipinski definition) is 4. The Hall–Kier alpha value is -1.36. The second kappa shape index (κ2) is 6.39. The fraction of sp³-hybridized carbons (Fsp3) is 0.733. The van der Waals surface area contributed by atoms with Crippen LogP contribution in [0.5, 0.6) is 0 Å². The van der Waals surface area contributed by atoms with Crippen molar-refractivity contribution in [2.24, 2.45) is 5.41 Å². The molecule has 0 aliphatic heterocycles. The molecule has 1 aromatic rings. The number of aromatic nitrogens is 1. The minimum Gasteiger partial charge on any atom is -0.445 e. The first-order valence-corrected chi connectivity index (χ1v) is 7.33. The van der Waals surface area contributed by atoms with Crippen LogP contribution in [0.4, 0.5) is 0 Å². The molecule has 0 bridgehead atoms. The molecule has 0 unspecified atom stereocenters. The SMILES string of the molecule is CCc1nc(C(=O)NCC2(COC)CCCC2)c(C)o1. The number of carbonyl (C=O) groups is 1. The van der Waals surface area contributed by atoms with Gasteiger partial charge in [-0.1, -0.05) is 19.8 Å². The van der Waals surface area contributed by atoms with E-state index < -0.39 is 0 Å². The third-order valence-electron chi connectivity index (χ3n) is 4.10. The van der Waals surface area contributed by atoms with Crippen molar-refractivity contribution in [2.75, 3.05) is 20.3 Å². The molecule has 20 heavy (non-hydrogen) atoms. The highest BCUT2D eigenvalue weighted by Gasteiger charge is 2.34. The van der Waals surface area contributed by atoms with E-state index in [1.54, 1.807) is 14.0 Å². The molecule has 112 valence electrons. The molecule has 1 saturated carbocycles. The zero-order chi connectivity index (χ0) is 14.6. The van der Waals surface area contributed by atoms with Crippen molar-refractivity contribution in [1.82, 2.24) is 10.3 Å². The highest BCUT2D eigenvalue weighted by Crippen LogP contribution is 2.37. The maximum Gasteiger partial charge on any atom is 0.273 e. The summed E-state index contributed by atoms with van der Waals surface area (Å²) in [6.07, 6.45) is 5.34. The van der Waals surface area contributed by atoms with Crippen LogP contribution in [-0.4, -0.2) is 31.2 Å². The molecule has 1 N–H and O–H groups in total. The lowest BCUT2D eigenvalue weighted by atomic mass is 9.87. The van der Waals surface area contributed by atoms with E-state index in [0.29, 0.717) is 36.9 Å². The molecule has 0 atom stereocenters. The second-order valence-corrected chi connectivity index (χ2v) is 5.69. The number of nitrogens with one attached hydrogen (secondary N) is 1. The van der Waals surface area contributed by atoms with Gasteiger partial charge in [0.05, 0.1) is 6.61 Å². The number of aryl methyl sites for hydroxylation is 2. The van der Waals surface area contributed by atoms with Crippen LogP contribution in [0.3, 0.4) is 0 Å². The summed E-state index contributed by atoms with van der Waals surface area (Å²) in [5.74, 6) is 1.06. The third-order valence-corrected chi connectivity index (χ3v) is 4.10. The van der Waals surface area contributed by atoms with Crippen LogP contribution < -0.4 is 5.32 Å². The first-order chi connectivity index (χ1) is 9.60. The number of rotatable bonds is 6. The van der Waals surface area contributed by atoms with Crippen LogP contribution in [0.15, 0.2) is 4.42 Å². The summed E-state index contributed by atoms with van der Waals surface area (Å²) in [5.41, 5.74) is 0.503. The Balaban J connectivity index is 1.98. The van der Waals surface area contributed by atoms with Gasteiger partial charge in [-0.05, 0) is 19.8 Å². The largest absolute Gasteiger partial charge is 0.445 e. The minimum atomic E-state index is -0.145. The Morgan fingerprint density at radius 3 is 2.70 bits per heavy atom. The predicted octanol–water partition coefficient (Wildman–Crippen LogP) is 2.48. The molecule has 0 saturated heterocycles. The molecule has 5 nitrogen and oxygen atoms in total. The quantitative estimate of drug-likeness (QED) is 0.869. The van der Waals surface area contributed by atoms with E-state index in [9.17, 15) is 4.79 Å². The standard InChI is InChI=1S/C15H24N2O3/c1-4-12-17-13(11(2)20-12)14(18)16-9-15(10-19-3)7-5-6-8-15/h4-10H2,1-3H3,(H,16,18). The van der Waals surface area contributed by atoms with Gasteiger partial charge in [0.25, 0.3) is 5.91 Å². The van der Waals surface area contributed by atoms with E-state index in [2.05, 4.69) is 10.3 Å². The summed E-state index contributed by atoms with van der Waals surface area (Å²) in [4.78, 5) is 16.5. The van der Waals surface area contributed by atoms with E-state index in [4.69, 9.17) is 9.15 Å². The first kappa shape index (κ1) is 15.0. The molecule has 0 aromatic carbocycles. The van der Waals surface area contributed by atoms with Gasteiger partial charge >= 0.3 is 0 Å². The Morgan fingerprint density at radius 2 is 2.15 bits per heavy atom. The molecular formula is C15H24N2O3. The van der Waals surface area contributed by atoms with Crippen LogP contribution in [0.25, 0.3) is 0 Å². The zero-order valence-electron chi connectivity index (χ0n) is 12.6. The van der Waals surface area contributed by atoms with Crippen LogP contribution in [-0.2, 0) is 11.2 Å². The van der Waals surface area contributed by atoms with Gasteiger partial charge in [0, 0.05) is 25.5 Å². The number of hydrogen-bond donors (Lipinski definition) is 1. The lowest BCUT2D eigenvalue weighted by molar-refractivity contribution is 0.0738. The molecule has 2 rings (SSSR count). The van der Waals surface area contributed by atoms with Gasteiger partial charge in [-0.3, -0.25) is 4.79 Å². The van der Waals surface area contributed by atoms with Crippen LogP contribution in [0, 0.1) is 12.3 Å². The van der Waals surface area contributed by atoms with Gasteiger partial charge in [0.15, 0.2) is 11.6 Å². The van der Waals surface area contributed by atoms with E-state index in [1.807, 2.05) is 6.92 Å². The summed E-state index contributed by atoms with van der Waals surface area (Å²) in [6.45, 7) is 5.08. The summed E-state index contributed by atoms with van der Waals surface area (Å²) < 4.78 is 10.8. The maximum absolute atomic E-state index is 12.2. The number of carbonyl (C=O) groups excluding carboxylic acids is 1. The van der Waals surface area contributed by atoms with Crippen molar-refractivity contribution in [2.45, 2.75) is 46.0 Å². The first-order valence-electron chi connectivity index (χ1n) is 7.33. The Labute approximate surface area is 120 Å². The molecule has 1 aliphatic rings. The molecule has 1 aliphatic carbocycles. The van der Waals surface area contributed by atoms with Crippen LogP contribution in [0.2, 0.25) is 0 Å². The Kier molecular flexibility index (Phi) is 4.81. The Morgan fingerprint density at radius 1 is 1.45 bits per heavy atom. The van der Waals surface area contributed by atoms with Crippen molar-refractivity contribution < 1.29 is 13.9 Å². The molecule has 0 radical (unpaired) electrons. The van der Waals surface area contributed by atoms with Gasteiger partial charge in [0.1, 0.15) is 5.76 Å². The minimum absolute atomic E-state index is 0.0929. The van der Waals surface area contributed by atoms with Crippen LogP contribution >= 0.6 is 0 Å². The highest BCUT2D eigenvalue weighted by molar-refractivity contribution is 5.93. The lowest BCUT2D eigenvalue weighted by Gasteiger charge is -2.28. The third kappa shape index (κ3) is 3.20. The lowest BCUT2D eigenvalue weighted by Crippen LogP contribution is -2.39. The van der Waals surface area contributed by atoms with E-state index >= 15 is 0 Å². The number of oxazole rings is 1. The van der Waals surface area contributed by atoms with Gasteiger partial charge in [-0.25, -0.2) is 4.98 Å². The molecule has 1 amide bonds. The zero-order valence-corrected chi connectivity index (χ0v) is 12.6. The number of ether oxygens (including phenoxy) is 1. The molecule has 1 fully saturated rings. The van der Waals surface area contributed by atoms with Gasteiger partial charge < -0.3 is 14.5 Å². The summed E-state index contributed by atoms with van der Waals surface area (Å²) in [7, 11) is 1.72. The maximum atomic E-state index is 12.2. The molecule has 5 heteroatoms. The van der Waals surface area contributed by atoms with Crippen molar-refractivity contribution in [3.8, 4) is 0 Å². The average Bonchev–Trinajstić information content (AvgIpc) is 3.04. The fourth-order valence-electron chi connectivity index (χ4n) is 2.97. The second-order valence-electron chi connectivity index (χ2n) is 5.69. The van der Waals surface area contributed by atoms with Gasteiger partial charge in [0.2, 0.25) is 0 Å². The Bertz CT molecular complexity index is 462. The topological polar surface area (TPSA) is 64.4 Å². The average molecular weight is 280 g/mol. The summed E-state index contributed by atoms with van der Waals surface area (Å²) >= 11 is 0. The molecule has 1 aromatic heterocycles. The molecule has 1 heterocycles. The van der Waals surface area contributed by atoms with E-state index in [-0.39, 0.29) is 11.3 Å². The predicted molar refractivity (Wildman–Crippen MR) is 75.7 cm³/mol. The normalized spacial score (nSPS) is 17.4. The number of methoxy groups -OCH3 is 1. The molecule has 0 spiro atoms. The van der Waals surface area contributed by atoms with Crippen molar-refractivity contribution in [3.05, 3.63) is 17.3 Å².